The number of hydrogen-bond donors (Lipinski definition) is 0. The molecule has 0 radical (unpaired) electrons. The zero-order valence-corrected chi connectivity index (χ0v) is 10.4. The van der Waals surface area contributed by atoms with Crippen LogP contribution in [0.1, 0.15) is 35.7 Å². The van der Waals surface area contributed by atoms with Crippen LogP contribution in [0.5, 0.6) is 0 Å². The lowest BCUT2D eigenvalue weighted by Gasteiger charge is -2.21. The van der Waals surface area contributed by atoms with Crippen LogP contribution in [0.3, 0.4) is 0 Å². The van der Waals surface area contributed by atoms with Gasteiger partial charge in [-0.05, 0) is 50.3 Å². The SMILES string of the molecule is CCN(CC1CC1)C(=O)c1ccc(C)cc1F. The van der Waals surface area contributed by atoms with Crippen LogP contribution in [-0.2, 0) is 0 Å². The van der Waals surface area contributed by atoms with E-state index in [0.717, 1.165) is 12.1 Å². The molecule has 0 unspecified atom stereocenters. The van der Waals surface area contributed by atoms with Gasteiger partial charge in [-0.2, -0.15) is 0 Å². The molecule has 2 nitrogen and oxygen atoms in total. The predicted molar refractivity (Wildman–Crippen MR) is 65.4 cm³/mol. The molecule has 1 fully saturated rings. The van der Waals surface area contributed by atoms with E-state index < -0.39 is 5.82 Å². The number of carbonyl (C=O) groups is 1. The molecule has 0 spiro atoms. The molecule has 1 aromatic carbocycles. The zero-order valence-electron chi connectivity index (χ0n) is 10.4. The van der Waals surface area contributed by atoms with Crippen LogP contribution in [-0.4, -0.2) is 23.9 Å². The highest BCUT2D eigenvalue weighted by Crippen LogP contribution is 2.30. The molecule has 0 heterocycles. The van der Waals surface area contributed by atoms with Crippen molar-refractivity contribution in [2.75, 3.05) is 13.1 Å². The van der Waals surface area contributed by atoms with E-state index in [0.29, 0.717) is 12.5 Å². The van der Waals surface area contributed by atoms with Crippen molar-refractivity contribution in [2.45, 2.75) is 26.7 Å². The Labute approximate surface area is 101 Å². The van der Waals surface area contributed by atoms with Crippen LogP contribution in [0, 0.1) is 18.7 Å². The summed E-state index contributed by atoms with van der Waals surface area (Å²) in [5.74, 6) is 0.0357. The first-order chi connectivity index (χ1) is 8.11. The van der Waals surface area contributed by atoms with Gasteiger partial charge in [-0.1, -0.05) is 6.07 Å². The Bertz CT molecular complexity index is 426. The maximum atomic E-state index is 13.7. The molecule has 1 saturated carbocycles. The van der Waals surface area contributed by atoms with Crippen LogP contribution in [0.2, 0.25) is 0 Å². The molecule has 1 aliphatic rings. The van der Waals surface area contributed by atoms with Crippen molar-refractivity contribution in [3.05, 3.63) is 35.1 Å². The maximum absolute atomic E-state index is 13.7. The van der Waals surface area contributed by atoms with Gasteiger partial charge in [0, 0.05) is 13.1 Å². The smallest absolute Gasteiger partial charge is 0.256 e. The molecule has 0 aliphatic heterocycles. The third-order valence-corrected chi connectivity index (χ3v) is 3.20. The lowest BCUT2D eigenvalue weighted by Crippen LogP contribution is -2.33. The minimum absolute atomic E-state index is 0.183. The number of amides is 1. The van der Waals surface area contributed by atoms with Crippen molar-refractivity contribution < 1.29 is 9.18 Å². The topological polar surface area (TPSA) is 20.3 Å². The van der Waals surface area contributed by atoms with E-state index in [-0.39, 0.29) is 11.5 Å². The summed E-state index contributed by atoms with van der Waals surface area (Å²) in [5.41, 5.74) is 1.03. The second-order valence-electron chi connectivity index (χ2n) is 4.77. The molecule has 0 aromatic heterocycles. The second kappa shape index (κ2) is 4.86. The Balaban J connectivity index is 2.15. The Morgan fingerprint density at radius 3 is 2.71 bits per heavy atom. The van der Waals surface area contributed by atoms with Gasteiger partial charge in [0.05, 0.1) is 5.56 Å². The molecular formula is C14H18FNO. The quantitative estimate of drug-likeness (QED) is 0.785. The molecule has 1 amide bonds. The first kappa shape index (κ1) is 12.1. The summed E-state index contributed by atoms with van der Waals surface area (Å²) in [7, 11) is 0. The van der Waals surface area contributed by atoms with Crippen LogP contribution < -0.4 is 0 Å². The normalized spacial score (nSPS) is 14.8. The largest absolute Gasteiger partial charge is 0.339 e. The van der Waals surface area contributed by atoms with E-state index in [4.69, 9.17) is 0 Å². The first-order valence-corrected chi connectivity index (χ1v) is 6.17. The van der Waals surface area contributed by atoms with Gasteiger partial charge in [0.25, 0.3) is 5.91 Å². The molecule has 0 N–H and O–H groups in total. The van der Waals surface area contributed by atoms with Crippen molar-refractivity contribution in [1.29, 1.82) is 0 Å². The Morgan fingerprint density at radius 2 is 2.18 bits per heavy atom. The van der Waals surface area contributed by atoms with Gasteiger partial charge >= 0.3 is 0 Å². The second-order valence-corrected chi connectivity index (χ2v) is 4.77. The maximum Gasteiger partial charge on any atom is 0.256 e. The third kappa shape index (κ3) is 2.84. The van der Waals surface area contributed by atoms with Crippen molar-refractivity contribution in [1.82, 2.24) is 4.90 Å². The summed E-state index contributed by atoms with van der Waals surface area (Å²) in [6, 6.07) is 4.78. The summed E-state index contributed by atoms with van der Waals surface area (Å²) in [6.07, 6.45) is 2.39. The number of aryl methyl sites for hydroxylation is 1. The fourth-order valence-corrected chi connectivity index (χ4v) is 1.93. The van der Waals surface area contributed by atoms with Crippen LogP contribution in [0.25, 0.3) is 0 Å². The van der Waals surface area contributed by atoms with Crippen LogP contribution in [0.15, 0.2) is 18.2 Å². The number of halogens is 1. The predicted octanol–water partition coefficient (Wildman–Crippen LogP) is 3.01. The summed E-state index contributed by atoms with van der Waals surface area (Å²) in [5, 5.41) is 0. The molecule has 17 heavy (non-hydrogen) atoms. The number of carbonyl (C=O) groups excluding carboxylic acids is 1. The van der Waals surface area contributed by atoms with Crippen LogP contribution in [0.4, 0.5) is 4.39 Å². The molecule has 0 bridgehead atoms. The van der Waals surface area contributed by atoms with E-state index >= 15 is 0 Å². The minimum Gasteiger partial charge on any atom is -0.339 e. The van der Waals surface area contributed by atoms with Gasteiger partial charge in [0.2, 0.25) is 0 Å². The number of benzene rings is 1. The molecule has 0 saturated heterocycles. The van der Waals surface area contributed by atoms with Crippen molar-refractivity contribution >= 4 is 5.91 Å². The van der Waals surface area contributed by atoms with E-state index in [9.17, 15) is 9.18 Å². The highest BCUT2D eigenvalue weighted by Gasteiger charge is 2.27. The van der Waals surface area contributed by atoms with Gasteiger partial charge in [0.15, 0.2) is 0 Å². The summed E-state index contributed by atoms with van der Waals surface area (Å²) in [6.45, 7) is 5.16. The van der Waals surface area contributed by atoms with E-state index in [1.54, 1.807) is 17.0 Å². The Morgan fingerprint density at radius 1 is 1.47 bits per heavy atom. The van der Waals surface area contributed by atoms with Crippen molar-refractivity contribution in [3.8, 4) is 0 Å². The van der Waals surface area contributed by atoms with Gasteiger partial charge in [0.1, 0.15) is 5.82 Å². The van der Waals surface area contributed by atoms with Crippen molar-refractivity contribution in [2.24, 2.45) is 5.92 Å². The Hall–Kier alpha value is -1.38. The molecule has 3 heteroatoms. The monoisotopic (exact) mass is 235 g/mol. The molecule has 2 rings (SSSR count). The molecular weight excluding hydrogens is 217 g/mol. The van der Waals surface area contributed by atoms with Gasteiger partial charge in [-0.3, -0.25) is 4.79 Å². The van der Waals surface area contributed by atoms with Crippen molar-refractivity contribution in [3.63, 3.8) is 0 Å². The molecule has 1 aromatic rings. The molecule has 92 valence electrons. The molecule has 1 aliphatic carbocycles. The third-order valence-electron chi connectivity index (χ3n) is 3.20. The first-order valence-electron chi connectivity index (χ1n) is 6.17. The zero-order chi connectivity index (χ0) is 12.4. The summed E-state index contributed by atoms with van der Waals surface area (Å²) < 4.78 is 13.7. The lowest BCUT2D eigenvalue weighted by atomic mass is 10.1. The van der Waals surface area contributed by atoms with Crippen LogP contribution >= 0.6 is 0 Å². The van der Waals surface area contributed by atoms with Gasteiger partial charge < -0.3 is 4.90 Å². The number of rotatable bonds is 4. The highest BCUT2D eigenvalue weighted by atomic mass is 19.1. The molecule has 0 atom stereocenters. The standard InChI is InChI=1S/C14H18FNO/c1-3-16(9-11-5-6-11)14(17)12-7-4-10(2)8-13(12)15/h4,7-8,11H,3,5-6,9H2,1-2H3. The van der Waals surface area contributed by atoms with Gasteiger partial charge in [-0.15, -0.1) is 0 Å². The van der Waals surface area contributed by atoms with E-state index in [1.165, 1.54) is 18.9 Å². The summed E-state index contributed by atoms with van der Waals surface area (Å²) in [4.78, 5) is 13.9. The highest BCUT2D eigenvalue weighted by molar-refractivity contribution is 5.94. The number of hydrogen-bond acceptors (Lipinski definition) is 1. The average molecular weight is 235 g/mol. The Kier molecular flexibility index (Phi) is 3.46. The fourth-order valence-electron chi connectivity index (χ4n) is 1.93. The van der Waals surface area contributed by atoms with E-state index in [1.807, 2.05) is 13.8 Å². The minimum atomic E-state index is -0.413. The summed E-state index contributed by atoms with van der Waals surface area (Å²) >= 11 is 0. The average Bonchev–Trinajstić information content (AvgIpc) is 3.09. The fraction of sp³-hybridized carbons (Fsp3) is 0.500. The van der Waals surface area contributed by atoms with E-state index in [2.05, 4.69) is 0 Å². The number of nitrogens with zero attached hydrogens (tertiary/aromatic N) is 1. The van der Waals surface area contributed by atoms with Gasteiger partial charge in [-0.25, -0.2) is 4.39 Å². The lowest BCUT2D eigenvalue weighted by molar-refractivity contribution is 0.0752.